The number of hydrogen-bond acceptors (Lipinski definition) is 6. The highest BCUT2D eigenvalue weighted by Crippen LogP contribution is 2.31. The van der Waals surface area contributed by atoms with E-state index >= 15 is 0 Å². The van der Waals surface area contributed by atoms with Crippen molar-refractivity contribution < 1.29 is 23.1 Å². The predicted octanol–water partition coefficient (Wildman–Crippen LogP) is 2.58. The molecule has 8 nitrogen and oxygen atoms in total. The van der Waals surface area contributed by atoms with Gasteiger partial charge in [-0.1, -0.05) is 24.6 Å². The number of nitrogens with one attached hydrogen (secondary N) is 1. The number of benzene rings is 2. The van der Waals surface area contributed by atoms with Gasteiger partial charge in [0.2, 0.25) is 0 Å². The summed E-state index contributed by atoms with van der Waals surface area (Å²) < 4.78 is 34.5. The van der Waals surface area contributed by atoms with Crippen molar-refractivity contribution in [2.75, 3.05) is 38.5 Å². The van der Waals surface area contributed by atoms with Gasteiger partial charge in [0, 0.05) is 24.7 Å². The third kappa shape index (κ3) is 5.85. The lowest BCUT2D eigenvalue weighted by molar-refractivity contribution is 0.0363. The average Bonchev–Trinajstić information content (AvgIpc) is 2.76. The molecule has 0 radical (unpaired) electrons. The lowest BCUT2D eigenvalue weighted by Crippen LogP contribution is -2.49. The van der Waals surface area contributed by atoms with E-state index in [0.717, 1.165) is 5.56 Å². The summed E-state index contributed by atoms with van der Waals surface area (Å²) in [6.45, 7) is 6.59. The maximum Gasteiger partial charge on any atom is 0.261 e. The molecule has 3 rings (SSSR count). The fourth-order valence-corrected chi connectivity index (χ4v) is 4.84. The van der Waals surface area contributed by atoms with Crippen LogP contribution in [0.25, 0.3) is 0 Å². The van der Waals surface area contributed by atoms with E-state index in [1.807, 2.05) is 32.8 Å². The molecular weight excluding hydrogens is 442 g/mol. The van der Waals surface area contributed by atoms with Gasteiger partial charge in [-0.3, -0.25) is 9.52 Å². The Morgan fingerprint density at radius 3 is 2.48 bits per heavy atom. The Hall–Kier alpha value is -2.62. The van der Waals surface area contributed by atoms with Crippen LogP contribution < -0.4 is 9.46 Å². The summed E-state index contributed by atoms with van der Waals surface area (Å²) in [5.41, 5.74) is 1.48. The van der Waals surface area contributed by atoms with E-state index in [1.165, 1.54) is 18.2 Å². The van der Waals surface area contributed by atoms with Crippen molar-refractivity contribution in [2.24, 2.45) is 5.92 Å². The number of aliphatic hydroxyl groups excluding tert-OH is 1. The van der Waals surface area contributed by atoms with E-state index in [-0.39, 0.29) is 46.7 Å². The van der Waals surface area contributed by atoms with Gasteiger partial charge in [0.1, 0.15) is 11.9 Å². The van der Waals surface area contributed by atoms with Gasteiger partial charge in [-0.05, 0) is 58.3 Å². The summed E-state index contributed by atoms with van der Waals surface area (Å²) in [5.74, 6) is 0.114. The molecule has 2 N–H and O–H groups in total. The molecule has 1 aliphatic heterocycles. The van der Waals surface area contributed by atoms with E-state index in [1.54, 1.807) is 36.1 Å². The molecule has 0 saturated carbocycles. The molecule has 9 heteroatoms. The van der Waals surface area contributed by atoms with Crippen LogP contribution >= 0.6 is 0 Å². The average molecular weight is 476 g/mol. The second-order valence-corrected chi connectivity index (χ2v) is 10.7. The molecule has 3 atom stereocenters. The van der Waals surface area contributed by atoms with Crippen molar-refractivity contribution >= 4 is 21.6 Å². The van der Waals surface area contributed by atoms with Crippen LogP contribution in [0.2, 0.25) is 0 Å². The number of aliphatic hydroxyl groups is 1. The third-order valence-electron chi connectivity index (χ3n) is 5.79. The van der Waals surface area contributed by atoms with Gasteiger partial charge in [-0.15, -0.1) is 0 Å². The van der Waals surface area contributed by atoms with Gasteiger partial charge < -0.3 is 19.6 Å². The Bertz CT molecular complexity index is 1090. The number of ether oxygens (including phenoxy) is 1. The van der Waals surface area contributed by atoms with Crippen LogP contribution in [0, 0.1) is 12.8 Å². The Balaban J connectivity index is 2.00. The van der Waals surface area contributed by atoms with Crippen LogP contribution in [0.1, 0.15) is 29.8 Å². The Labute approximate surface area is 196 Å². The number of anilines is 1. The minimum absolute atomic E-state index is 0.0261. The van der Waals surface area contributed by atoms with E-state index < -0.39 is 10.0 Å². The highest BCUT2D eigenvalue weighted by Gasteiger charge is 2.33. The maximum atomic E-state index is 13.4. The first-order valence-electron chi connectivity index (χ1n) is 11.0. The standard InChI is InChI=1S/C24H33N3O5S/c1-16-6-9-20(10-7-16)33(30,31)25-19-8-11-22-21(12-19)24(29)27(18(3)15-28)13-17(2)23(32-22)14-26(4)5/h6-12,17-18,23,25,28H,13-15H2,1-5H3/t17-,18+,23+/m0/s1. The van der Waals surface area contributed by atoms with Crippen LogP contribution in [-0.2, 0) is 10.0 Å². The van der Waals surface area contributed by atoms with Crippen LogP contribution in [0.5, 0.6) is 5.75 Å². The number of hydrogen-bond donors (Lipinski definition) is 2. The summed E-state index contributed by atoms with van der Waals surface area (Å²) >= 11 is 0. The quantitative estimate of drug-likeness (QED) is 0.639. The van der Waals surface area contributed by atoms with Crippen molar-refractivity contribution in [3.63, 3.8) is 0 Å². The molecule has 0 aliphatic carbocycles. The highest BCUT2D eigenvalue weighted by atomic mass is 32.2. The first-order valence-corrected chi connectivity index (χ1v) is 12.5. The minimum atomic E-state index is -3.82. The molecule has 180 valence electrons. The zero-order valence-corrected chi connectivity index (χ0v) is 20.6. The summed E-state index contributed by atoms with van der Waals surface area (Å²) in [5, 5.41) is 9.74. The number of sulfonamides is 1. The van der Waals surface area contributed by atoms with Crippen molar-refractivity contribution in [1.82, 2.24) is 9.80 Å². The topological polar surface area (TPSA) is 99.2 Å². The van der Waals surface area contributed by atoms with Crippen molar-refractivity contribution in [3.8, 4) is 5.75 Å². The van der Waals surface area contributed by atoms with Crippen molar-refractivity contribution in [3.05, 3.63) is 53.6 Å². The second kappa shape index (κ2) is 10.1. The molecule has 1 heterocycles. The minimum Gasteiger partial charge on any atom is -0.488 e. The fraction of sp³-hybridized carbons (Fsp3) is 0.458. The van der Waals surface area contributed by atoms with E-state index in [2.05, 4.69) is 4.72 Å². The molecule has 0 aromatic heterocycles. The Kier molecular flexibility index (Phi) is 7.66. The molecule has 0 unspecified atom stereocenters. The number of amides is 1. The number of carbonyl (C=O) groups excluding carboxylic acids is 1. The van der Waals surface area contributed by atoms with Gasteiger partial charge in [-0.25, -0.2) is 8.42 Å². The zero-order valence-electron chi connectivity index (χ0n) is 19.8. The monoisotopic (exact) mass is 475 g/mol. The van der Waals surface area contributed by atoms with Crippen LogP contribution in [-0.4, -0.2) is 75.2 Å². The molecule has 1 aliphatic rings. The van der Waals surface area contributed by atoms with Gasteiger partial charge in [0.05, 0.1) is 23.1 Å². The van der Waals surface area contributed by atoms with Gasteiger partial charge in [-0.2, -0.15) is 0 Å². The van der Waals surface area contributed by atoms with E-state index in [4.69, 9.17) is 4.74 Å². The molecular formula is C24H33N3O5S. The molecule has 2 aromatic rings. The van der Waals surface area contributed by atoms with E-state index in [0.29, 0.717) is 18.8 Å². The van der Waals surface area contributed by atoms with Crippen LogP contribution in [0.15, 0.2) is 47.4 Å². The number of aryl methyl sites for hydroxylation is 1. The SMILES string of the molecule is Cc1ccc(S(=O)(=O)Nc2ccc3c(c2)C(=O)N([C@H](C)CO)C[C@H](C)[C@@H](CN(C)C)O3)cc1. The highest BCUT2D eigenvalue weighted by molar-refractivity contribution is 7.92. The zero-order chi connectivity index (χ0) is 24.3. The lowest BCUT2D eigenvalue weighted by Gasteiger charge is -2.37. The predicted molar refractivity (Wildman–Crippen MR) is 128 cm³/mol. The summed E-state index contributed by atoms with van der Waals surface area (Å²) in [4.78, 5) is 17.2. The summed E-state index contributed by atoms with van der Waals surface area (Å²) in [7, 11) is 0.0899. The molecule has 0 spiro atoms. The lowest BCUT2D eigenvalue weighted by atomic mass is 9.99. The number of likely N-dealkylation sites (N-methyl/N-ethyl adjacent to an activating group) is 1. The summed E-state index contributed by atoms with van der Waals surface area (Å²) in [6, 6.07) is 10.9. The molecule has 0 saturated heterocycles. The number of nitrogens with zero attached hydrogens (tertiary/aromatic N) is 2. The third-order valence-corrected chi connectivity index (χ3v) is 7.19. The number of rotatable bonds is 7. The number of carbonyl (C=O) groups is 1. The maximum absolute atomic E-state index is 13.4. The van der Waals surface area contributed by atoms with Crippen molar-refractivity contribution in [2.45, 2.75) is 37.8 Å². The van der Waals surface area contributed by atoms with Gasteiger partial charge in [0.15, 0.2) is 0 Å². The van der Waals surface area contributed by atoms with Gasteiger partial charge >= 0.3 is 0 Å². The Morgan fingerprint density at radius 1 is 1.21 bits per heavy atom. The summed E-state index contributed by atoms with van der Waals surface area (Å²) in [6.07, 6.45) is -0.185. The first kappa shape index (κ1) is 25.0. The first-order chi connectivity index (χ1) is 15.5. The smallest absolute Gasteiger partial charge is 0.261 e. The molecule has 0 bridgehead atoms. The van der Waals surface area contributed by atoms with E-state index in [9.17, 15) is 18.3 Å². The van der Waals surface area contributed by atoms with Gasteiger partial charge in [0.25, 0.3) is 15.9 Å². The second-order valence-electron chi connectivity index (χ2n) is 9.01. The largest absolute Gasteiger partial charge is 0.488 e. The molecule has 1 amide bonds. The molecule has 2 aromatic carbocycles. The van der Waals surface area contributed by atoms with Crippen LogP contribution in [0.3, 0.4) is 0 Å². The van der Waals surface area contributed by atoms with Crippen molar-refractivity contribution in [1.29, 1.82) is 0 Å². The fourth-order valence-electron chi connectivity index (χ4n) is 3.80. The Morgan fingerprint density at radius 2 is 1.88 bits per heavy atom. The normalized spacial score (nSPS) is 20.0. The van der Waals surface area contributed by atoms with Crippen LogP contribution in [0.4, 0.5) is 5.69 Å². The number of fused-ring (bicyclic) bond motifs is 1. The molecule has 33 heavy (non-hydrogen) atoms. The molecule has 0 fully saturated rings.